The molecule has 0 aromatic heterocycles. The highest BCUT2D eigenvalue weighted by Gasteiger charge is 2.33. The van der Waals surface area contributed by atoms with Crippen LogP contribution in [-0.2, 0) is 9.59 Å². The molecule has 1 saturated heterocycles. The lowest BCUT2D eigenvalue weighted by Gasteiger charge is -2.27. The minimum atomic E-state index is -0.434. The van der Waals surface area contributed by atoms with Crippen molar-refractivity contribution in [3.05, 3.63) is 0 Å². The second-order valence-electron chi connectivity index (χ2n) is 5.30. The molecule has 1 rings (SSSR count). The topological polar surface area (TPSA) is 66.6 Å². The van der Waals surface area contributed by atoms with Gasteiger partial charge in [0.2, 0.25) is 11.8 Å². The van der Waals surface area contributed by atoms with Crippen LogP contribution >= 0.6 is 0 Å². The van der Waals surface area contributed by atoms with Crippen molar-refractivity contribution in [2.45, 2.75) is 46.2 Å². The second-order valence-corrected chi connectivity index (χ2v) is 5.30. The molecule has 0 radical (unpaired) electrons. The molecule has 2 amide bonds. The van der Waals surface area contributed by atoms with Crippen LogP contribution in [0.5, 0.6) is 0 Å². The van der Waals surface area contributed by atoms with E-state index >= 15 is 0 Å². The van der Waals surface area contributed by atoms with Crippen molar-refractivity contribution in [2.75, 3.05) is 19.6 Å². The summed E-state index contributed by atoms with van der Waals surface area (Å²) in [6.07, 6.45) is 0.851. The van der Waals surface area contributed by atoms with Gasteiger partial charge in [0.15, 0.2) is 0 Å². The number of likely N-dealkylation sites (tertiary alicyclic amines) is 1. The molecule has 5 nitrogen and oxygen atoms in total. The molecule has 0 unspecified atom stereocenters. The molecule has 0 spiro atoms. The lowest BCUT2D eigenvalue weighted by molar-refractivity contribution is -0.134. The van der Waals surface area contributed by atoms with Crippen molar-refractivity contribution in [1.82, 2.24) is 9.80 Å². The van der Waals surface area contributed by atoms with E-state index in [-0.39, 0.29) is 23.8 Å². The molecule has 5 heteroatoms. The van der Waals surface area contributed by atoms with Gasteiger partial charge >= 0.3 is 0 Å². The molecule has 0 aliphatic carbocycles. The molecule has 0 aromatic rings. The van der Waals surface area contributed by atoms with Crippen LogP contribution in [0.2, 0.25) is 0 Å². The smallest absolute Gasteiger partial charge is 0.239 e. The summed E-state index contributed by atoms with van der Waals surface area (Å²) in [5, 5.41) is 0. The summed E-state index contributed by atoms with van der Waals surface area (Å²) in [4.78, 5) is 27.2. The normalized spacial score (nSPS) is 21.2. The van der Waals surface area contributed by atoms with Gasteiger partial charge in [0.1, 0.15) is 0 Å². The van der Waals surface area contributed by atoms with E-state index in [4.69, 9.17) is 5.73 Å². The molecule has 1 fully saturated rings. The summed E-state index contributed by atoms with van der Waals surface area (Å²) in [6, 6.07) is -0.285. The van der Waals surface area contributed by atoms with Gasteiger partial charge in [-0.1, -0.05) is 13.8 Å². The summed E-state index contributed by atoms with van der Waals surface area (Å²) in [5.74, 6) is 0.226. The zero-order valence-electron chi connectivity index (χ0n) is 11.8. The van der Waals surface area contributed by atoms with E-state index in [0.717, 1.165) is 6.42 Å². The van der Waals surface area contributed by atoms with Crippen LogP contribution in [-0.4, -0.2) is 53.3 Å². The van der Waals surface area contributed by atoms with Crippen molar-refractivity contribution >= 4 is 11.8 Å². The van der Waals surface area contributed by atoms with Gasteiger partial charge in [-0.05, 0) is 19.3 Å². The van der Waals surface area contributed by atoms with Crippen LogP contribution in [0.3, 0.4) is 0 Å². The quantitative estimate of drug-likeness (QED) is 0.792. The Bertz CT molecular complexity index is 317. The van der Waals surface area contributed by atoms with Gasteiger partial charge < -0.3 is 15.5 Å². The summed E-state index contributed by atoms with van der Waals surface area (Å²) >= 11 is 0. The van der Waals surface area contributed by atoms with Crippen LogP contribution in [0.25, 0.3) is 0 Å². The van der Waals surface area contributed by atoms with Crippen LogP contribution in [0, 0.1) is 5.92 Å². The zero-order valence-corrected chi connectivity index (χ0v) is 11.8. The van der Waals surface area contributed by atoms with E-state index in [1.807, 2.05) is 25.7 Å². The number of likely N-dealkylation sites (N-methyl/N-ethyl adjacent to an activating group) is 1. The van der Waals surface area contributed by atoms with Crippen molar-refractivity contribution in [3.8, 4) is 0 Å². The number of carbonyl (C=O) groups is 2. The highest BCUT2D eigenvalue weighted by atomic mass is 16.2. The third-order valence-electron chi connectivity index (χ3n) is 3.66. The predicted molar refractivity (Wildman–Crippen MR) is 70.9 cm³/mol. The zero-order chi connectivity index (χ0) is 13.9. The standard InChI is InChI=1S/C13H25N3O2/c1-5-16(10(4)17)11-6-7-15(8-11)13(18)12(14)9(2)3/h9,11-12H,5-8,14H2,1-4H3/t11-,12-/m0/s1. The van der Waals surface area contributed by atoms with E-state index in [9.17, 15) is 9.59 Å². The Morgan fingerprint density at radius 1 is 1.44 bits per heavy atom. The maximum Gasteiger partial charge on any atom is 0.239 e. The number of carbonyl (C=O) groups excluding carboxylic acids is 2. The van der Waals surface area contributed by atoms with Crippen molar-refractivity contribution in [2.24, 2.45) is 11.7 Å². The fourth-order valence-corrected chi connectivity index (χ4v) is 2.43. The molecule has 0 bridgehead atoms. The van der Waals surface area contributed by atoms with Gasteiger partial charge in [-0.15, -0.1) is 0 Å². The lowest BCUT2D eigenvalue weighted by atomic mass is 10.0. The van der Waals surface area contributed by atoms with Gasteiger partial charge in [-0.2, -0.15) is 0 Å². The largest absolute Gasteiger partial charge is 0.339 e. The predicted octanol–water partition coefficient (Wildman–Crippen LogP) is 0.439. The number of hydrogen-bond acceptors (Lipinski definition) is 3. The van der Waals surface area contributed by atoms with E-state index in [1.54, 1.807) is 11.8 Å². The van der Waals surface area contributed by atoms with Gasteiger partial charge in [-0.3, -0.25) is 9.59 Å². The minimum absolute atomic E-state index is 0.00658. The molecular formula is C13H25N3O2. The highest BCUT2D eigenvalue weighted by molar-refractivity contribution is 5.82. The maximum atomic E-state index is 12.1. The Morgan fingerprint density at radius 2 is 2.06 bits per heavy atom. The van der Waals surface area contributed by atoms with Gasteiger partial charge in [0.05, 0.1) is 12.1 Å². The Hall–Kier alpha value is -1.10. The molecule has 18 heavy (non-hydrogen) atoms. The first-order chi connectivity index (χ1) is 8.38. The van der Waals surface area contributed by atoms with Gasteiger partial charge in [-0.25, -0.2) is 0 Å². The van der Waals surface area contributed by atoms with E-state index in [0.29, 0.717) is 19.6 Å². The maximum absolute atomic E-state index is 12.1. The monoisotopic (exact) mass is 255 g/mol. The fourth-order valence-electron chi connectivity index (χ4n) is 2.43. The Kier molecular flexibility index (Phi) is 5.14. The van der Waals surface area contributed by atoms with Crippen LogP contribution < -0.4 is 5.73 Å². The number of amides is 2. The van der Waals surface area contributed by atoms with Crippen LogP contribution in [0.4, 0.5) is 0 Å². The molecule has 1 aliphatic heterocycles. The average Bonchev–Trinajstić information content (AvgIpc) is 2.76. The Balaban J connectivity index is 2.60. The first kappa shape index (κ1) is 15.0. The van der Waals surface area contributed by atoms with E-state index < -0.39 is 6.04 Å². The first-order valence-electron chi connectivity index (χ1n) is 6.70. The number of hydrogen-bond donors (Lipinski definition) is 1. The lowest BCUT2D eigenvalue weighted by Crippen LogP contribution is -2.47. The Morgan fingerprint density at radius 3 is 2.50 bits per heavy atom. The van der Waals surface area contributed by atoms with Crippen molar-refractivity contribution < 1.29 is 9.59 Å². The first-order valence-corrected chi connectivity index (χ1v) is 6.70. The molecule has 2 atom stereocenters. The van der Waals surface area contributed by atoms with Gasteiger partial charge in [0, 0.05) is 26.6 Å². The highest BCUT2D eigenvalue weighted by Crippen LogP contribution is 2.17. The summed E-state index contributed by atoms with van der Waals surface area (Å²) < 4.78 is 0. The van der Waals surface area contributed by atoms with Crippen LogP contribution in [0.15, 0.2) is 0 Å². The molecule has 2 N–H and O–H groups in total. The van der Waals surface area contributed by atoms with Gasteiger partial charge in [0.25, 0.3) is 0 Å². The molecular weight excluding hydrogens is 230 g/mol. The molecule has 104 valence electrons. The SMILES string of the molecule is CCN(C(C)=O)[C@H]1CCN(C(=O)[C@@H](N)C(C)C)C1. The number of nitrogens with two attached hydrogens (primary N) is 1. The molecule has 0 aromatic carbocycles. The number of nitrogens with zero attached hydrogens (tertiary/aromatic N) is 2. The minimum Gasteiger partial charge on any atom is -0.339 e. The molecule has 1 heterocycles. The third kappa shape index (κ3) is 3.22. The van der Waals surface area contributed by atoms with E-state index in [1.165, 1.54) is 0 Å². The van der Waals surface area contributed by atoms with Crippen molar-refractivity contribution in [1.29, 1.82) is 0 Å². The number of rotatable bonds is 4. The molecule has 0 saturated carbocycles. The summed E-state index contributed by atoms with van der Waals surface area (Å²) in [7, 11) is 0. The Labute approximate surface area is 109 Å². The molecule has 1 aliphatic rings. The summed E-state index contributed by atoms with van der Waals surface area (Å²) in [6.45, 7) is 9.45. The average molecular weight is 255 g/mol. The third-order valence-corrected chi connectivity index (χ3v) is 3.66. The van der Waals surface area contributed by atoms with Crippen LogP contribution in [0.1, 0.15) is 34.1 Å². The fraction of sp³-hybridized carbons (Fsp3) is 0.846. The van der Waals surface area contributed by atoms with E-state index in [2.05, 4.69) is 0 Å². The summed E-state index contributed by atoms with van der Waals surface area (Å²) in [5.41, 5.74) is 5.88. The van der Waals surface area contributed by atoms with Crippen molar-refractivity contribution in [3.63, 3.8) is 0 Å². The second kappa shape index (κ2) is 6.18.